The highest BCUT2D eigenvalue weighted by atomic mass is 14.6. The molecule has 0 saturated heterocycles. The first-order chi connectivity index (χ1) is 26.7. The molecule has 10 rings (SSSR count). The van der Waals surface area contributed by atoms with Gasteiger partial charge in [0.25, 0.3) is 0 Å². The van der Waals surface area contributed by atoms with E-state index >= 15 is 0 Å². The van der Waals surface area contributed by atoms with Crippen LogP contribution in [-0.2, 0) is 0 Å². The van der Waals surface area contributed by atoms with E-state index in [-0.39, 0.29) is 0 Å². The van der Waals surface area contributed by atoms with Gasteiger partial charge in [-0.25, -0.2) is 4.98 Å². The van der Waals surface area contributed by atoms with E-state index in [9.17, 15) is 0 Å². The molecule has 0 radical (unpaired) electrons. The summed E-state index contributed by atoms with van der Waals surface area (Å²) in [6.07, 6.45) is 7.66. The molecule has 2 aromatic heterocycles. The maximum absolute atomic E-state index is 4.26. The minimum Gasteiger partial charge on any atom is -0.265 e. The van der Waals surface area contributed by atoms with Gasteiger partial charge >= 0.3 is 0 Å². The van der Waals surface area contributed by atoms with Crippen molar-refractivity contribution in [3.63, 3.8) is 0 Å². The Bertz CT molecular complexity index is 2910. The number of hydrogen-bond donors (Lipinski definition) is 0. The molecule has 0 spiro atoms. The van der Waals surface area contributed by atoms with E-state index in [1.54, 1.807) is 0 Å². The quantitative estimate of drug-likeness (QED) is 0.160. The molecule has 0 bridgehead atoms. The zero-order chi connectivity index (χ0) is 35.8. The molecule has 2 nitrogen and oxygen atoms in total. The van der Waals surface area contributed by atoms with E-state index in [2.05, 4.69) is 192 Å². The monoisotopic (exact) mass is 687 g/mol. The van der Waals surface area contributed by atoms with Gasteiger partial charge in [0.05, 0.1) is 0 Å². The number of pyridine rings is 2. The lowest BCUT2D eigenvalue weighted by Crippen LogP contribution is -1.97. The second-order valence-electron chi connectivity index (χ2n) is 13.9. The first-order valence-corrected chi connectivity index (χ1v) is 18.4. The standard InChI is InChI=1S/C52H34N2/c1-2-8-35(9-3-1)42-16-18-49-47-14-4-5-15-48(47)50-19-17-43(34-52(50)51(49)33-42)40-12-6-10-38(28-40)39-11-7-13-41(29-39)46-31-44(36-20-24-53-25-21-36)30-45(32-46)37-22-26-54-27-23-37/h1-34H/p+1. The number of hydrogen-bond acceptors (Lipinski definition) is 1. The number of rotatable bonds is 6. The summed E-state index contributed by atoms with van der Waals surface area (Å²) in [5.41, 5.74) is 14.2. The van der Waals surface area contributed by atoms with Gasteiger partial charge in [0.1, 0.15) is 0 Å². The van der Waals surface area contributed by atoms with Crippen molar-refractivity contribution in [2.24, 2.45) is 0 Å². The number of nitrogens with one attached hydrogen (secondary N) is 1. The highest BCUT2D eigenvalue weighted by molar-refractivity contribution is 6.26. The summed E-state index contributed by atoms with van der Waals surface area (Å²) in [7, 11) is 0. The summed E-state index contributed by atoms with van der Waals surface area (Å²) in [5.74, 6) is 0. The fourth-order valence-corrected chi connectivity index (χ4v) is 7.95. The van der Waals surface area contributed by atoms with Crippen molar-refractivity contribution in [1.82, 2.24) is 4.98 Å². The van der Waals surface area contributed by atoms with Crippen molar-refractivity contribution in [3.05, 3.63) is 207 Å². The third-order valence-corrected chi connectivity index (χ3v) is 10.7. The van der Waals surface area contributed by atoms with Crippen molar-refractivity contribution in [3.8, 4) is 66.8 Å². The second kappa shape index (κ2) is 13.4. The Morgan fingerprint density at radius 1 is 0.241 bits per heavy atom. The van der Waals surface area contributed by atoms with Gasteiger partial charge in [-0.1, -0.05) is 115 Å². The molecule has 0 aliphatic heterocycles. The van der Waals surface area contributed by atoms with Crippen molar-refractivity contribution in [2.45, 2.75) is 0 Å². The van der Waals surface area contributed by atoms with Crippen LogP contribution in [0.25, 0.3) is 99.1 Å². The summed E-state index contributed by atoms with van der Waals surface area (Å²) in [5, 5.41) is 7.67. The molecule has 0 atom stereocenters. The van der Waals surface area contributed by atoms with Crippen LogP contribution in [0.3, 0.4) is 0 Å². The normalized spacial score (nSPS) is 11.3. The zero-order valence-corrected chi connectivity index (χ0v) is 29.6. The van der Waals surface area contributed by atoms with Crippen LogP contribution < -0.4 is 4.98 Å². The molecule has 0 unspecified atom stereocenters. The van der Waals surface area contributed by atoms with E-state index in [1.165, 1.54) is 88.0 Å². The second-order valence-corrected chi connectivity index (χ2v) is 13.9. The summed E-state index contributed by atoms with van der Waals surface area (Å²) >= 11 is 0. The van der Waals surface area contributed by atoms with E-state index < -0.39 is 0 Å². The zero-order valence-electron chi connectivity index (χ0n) is 29.6. The Labute approximate surface area is 314 Å². The lowest BCUT2D eigenvalue weighted by Gasteiger charge is -2.14. The molecular weight excluding hydrogens is 653 g/mol. The number of H-pyrrole nitrogens is 1. The van der Waals surface area contributed by atoms with E-state index in [0.29, 0.717) is 0 Å². The van der Waals surface area contributed by atoms with Gasteiger partial charge in [0.15, 0.2) is 12.4 Å². The van der Waals surface area contributed by atoms with E-state index in [1.807, 2.05) is 24.8 Å². The number of benzene rings is 8. The average Bonchev–Trinajstić information content (AvgIpc) is 3.27. The molecular formula is C52H35N2+. The van der Waals surface area contributed by atoms with Crippen LogP contribution in [0.15, 0.2) is 207 Å². The highest BCUT2D eigenvalue weighted by Crippen LogP contribution is 2.40. The first-order valence-electron chi connectivity index (χ1n) is 18.4. The maximum atomic E-state index is 4.26. The Kier molecular flexibility index (Phi) is 7.85. The third kappa shape index (κ3) is 5.81. The van der Waals surface area contributed by atoms with Crippen LogP contribution in [0.2, 0.25) is 0 Å². The lowest BCUT2D eigenvalue weighted by molar-refractivity contribution is -0.377. The summed E-state index contributed by atoms with van der Waals surface area (Å²) in [4.78, 5) is 7.42. The topological polar surface area (TPSA) is 27.0 Å². The molecule has 2 heterocycles. The number of fused-ring (bicyclic) bond motifs is 6. The van der Waals surface area contributed by atoms with Crippen molar-refractivity contribution in [1.29, 1.82) is 0 Å². The highest BCUT2D eigenvalue weighted by Gasteiger charge is 2.13. The van der Waals surface area contributed by atoms with E-state index in [0.717, 1.165) is 11.1 Å². The van der Waals surface area contributed by atoms with Crippen LogP contribution in [-0.4, -0.2) is 4.98 Å². The van der Waals surface area contributed by atoms with Crippen LogP contribution in [0, 0.1) is 0 Å². The smallest absolute Gasteiger partial charge is 0.167 e. The largest absolute Gasteiger partial charge is 0.265 e. The predicted molar refractivity (Wildman–Crippen MR) is 226 cm³/mol. The van der Waals surface area contributed by atoms with Gasteiger partial charge in [0.2, 0.25) is 0 Å². The van der Waals surface area contributed by atoms with Crippen LogP contribution in [0.1, 0.15) is 0 Å². The number of aromatic amines is 1. The third-order valence-electron chi connectivity index (χ3n) is 10.7. The van der Waals surface area contributed by atoms with Crippen LogP contribution in [0.4, 0.5) is 0 Å². The molecule has 2 heteroatoms. The molecule has 8 aromatic carbocycles. The Hall–Kier alpha value is -7.16. The Balaban J connectivity index is 1.08. The summed E-state index contributed by atoms with van der Waals surface area (Å²) in [6.45, 7) is 0. The van der Waals surface area contributed by atoms with Gasteiger partial charge in [-0.3, -0.25) is 4.98 Å². The van der Waals surface area contributed by atoms with Crippen molar-refractivity contribution >= 4 is 32.3 Å². The number of nitrogens with zero attached hydrogens (tertiary/aromatic N) is 1. The fourth-order valence-electron chi connectivity index (χ4n) is 7.95. The molecule has 0 amide bonds. The Morgan fingerprint density at radius 2 is 0.611 bits per heavy atom. The molecule has 10 aromatic rings. The Morgan fingerprint density at radius 3 is 1.17 bits per heavy atom. The minimum absolute atomic E-state index is 1.15. The minimum atomic E-state index is 1.15. The molecule has 1 N–H and O–H groups in total. The molecule has 252 valence electrons. The van der Waals surface area contributed by atoms with Gasteiger partial charge in [-0.15, -0.1) is 0 Å². The van der Waals surface area contributed by atoms with Crippen LogP contribution >= 0.6 is 0 Å². The molecule has 0 saturated carbocycles. The lowest BCUT2D eigenvalue weighted by atomic mass is 9.89. The van der Waals surface area contributed by atoms with Crippen molar-refractivity contribution < 1.29 is 4.98 Å². The molecule has 0 aliphatic rings. The van der Waals surface area contributed by atoms with Gasteiger partial charge in [0, 0.05) is 24.5 Å². The molecule has 0 aliphatic carbocycles. The predicted octanol–water partition coefficient (Wildman–Crippen LogP) is 13.4. The average molecular weight is 688 g/mol. The van der Waals surface area contributed by atoms with Gasteiger partial charge in [-0.2, -0.15) is 0 Å². The van der Waals surface area contributed by atoms with Gasteiger partial charge < -0.3 is 0 Å². The fraction of sp³-hybridized carbons (Fsp3) is 0. The summed E-state index contributed by atoms with van der Waals surface area (Å²) in [6, 6.07) is 66.5. The molecule has 54 heavy (non-hydrogen) atoms. The maximum Gasteiger partial charge on any atom is 0.167 e. The number of aromatic nitrogens is 2. The first kappa shape index (κ1) is 31.6. The van der Waals surface area contributed by atoms with Crippen LogP contribution in [0.5, 0.6) is 0 Å². The van der Waals surface area contributed by atoms with Crippen molar-refractivity contribution in [2.75, 3.05) is 0 Å². The molecule has 0 fully saturated rings. The van der Waals surface area contributed by atoms with Gasteiger partial charge in [-0.05, 0) is 154 Å². The SMILES string of the molecule is c1ccc(-c2ccc3c4ccccc4c4ccc(-c5cccc(-c6cccc(-c7cc(-c8ccncc8)cc(-c8cc[nH+]cc8)c7)c6)c5)cc4c3c2)cc1. The van der Waals surface area contributed by atoms with E-state index in [4.69, 9.17) is 0 Å². The summed E-state index contributed by atoms with van der Waals surface area (Å²) < 4.78 is 0.